The van der Waals surface area contributed by atoms with Gasteiger partial charge in [-0.1, -0.05) is 17.3 Å². The van der Waals surface area contributed by atoms with Crippen molar-refractivity contribution in [3.63, 3.8) is 0 Å². The van der Waals surface area contributed by atoms with E-state index < -0.39 is 0 Å². The summed E-state index contributed by atoms with van der Waals surface area (Å²) in [6.45, 7) is 4.76. The predicted molar refractivity (Wildman–Crippen MR) is 72.4 cm³/mol. The average Bonchev–Trinajstić information content (AvgIpc) is 2.42. The molecule has 1 rings (SSSR count). The molecule has 1 aromatic carbocycles. The molecule has 0 bridgehead atoms. The van der Waals surface area contributed by atoms with Crippen LogP contribution in [0, 0.1) is 0 Å². The fourth-order valence-corrected chi connectivity index (χ4v) is 1.44. The van der Waals surface area contributed by atoms with Crippen LogP contribution in [0.25, 0.3) is 0 Å². The molecule has 0 radical (unpaired) electrons. The number of nitrogens with two attached hydrogens (primary N) is 1. The zero-order chi connectivity index (χ0) is 14.3. The molecule has 0 atom stereocenters. The van der Waals surface area contributed by atoms with E-state index in [1.807, 2.05) is 13.8 Å². The van der Waals surface area contributed by atoms with Gasteiger partial charge in [-0.3, -0.25) is 4.79 Å². The third-order valence-corrected chi connectivity index (χ3v) is 2.37. The number of ether oxygens (including phenoxy) is 1. The number of carbonyl (C=O) groups excluding carboxylic acids is 1. The Morgan fingerprint density at radius 3 is 2.79 bits per heavy atom. The molecule has 0 unspecified atom stereocenters. The van der Waals surface area contributed by atoms with Crippen molar-refractivity contribution in [2.45, 2.75) is 20.0 Å². The lowest BCUT2D eigenvalue weighted by Crippen LogP contribution is -2.28. The summed E-state index contributed by atoms with van der Waals surface area (Å²) in [7, 11) is 0. The minimum absolute atomic E-state index is 0.0298. The molecule has 4 N–H and O–H groups in total. The summed E-state index contributed by atoms with van der Waals surface area (Å²) in [5.41, 5.74) is 6.41. The molecule has 0 spiro atoms. The quantitative estimate of drug-likeness (QED) is 0.234. The highest BCUT2D eigenvalue weighted by Gasteiger charge is 2.07. The lowest BCUT2D eigenvalue weighted by molar-refractivity contribution is 0.0746. The second kappa shape index (κ2) is 7.38. The monoisotopic (exact) mass is 265 g/mol. The molecule has 104 valence electrons. The van der Waals surface area contributed by atoms with E-state index in [-0.39, 0.29) is 17.8 Å². The molecular weight excluding hydrogens is 246 g/mol. The standard InChI is InChI=1S/C13H19N3O3/c1-9(2)19-7-6-15-13(17)11-5-3-4-10(8-11)12(14)16-18/h3-5,8-9,18H,6-7H2,1-2H3,(H2,14,16)(H,15,17). The molecule has 0 aliphatic heterocycles. The summed E-state index contributed by atoms with van der Waals surface area (Å²) in [6, 6.07) is 6.56. The fraction of sp³-hybridized carbons (Fsp3) is 0.385. The molecule has 1 amide bonds. The highest BCUT2D eigenvalue weighted by atomic mass is 16.5. The van der Waals surface area contributed by atoms with Gasteiger partial charge in [0.15, 0.2) is 5.84 Å². The van der Waals surface area contributed by atoms with Crippen LogP contribution >= 0.6 is 0 Å². The molecular formula is C13H19N3O3. The summed E-state index contributed by atoms with van der Waals surface area (Å²) in [5, 5.41) is 14.2. The molecule has 0 aromatic heterocycles. The van der Waals surface area contributed by atoms with Crippen molar-refractivity contribution in [2.24, 2.45) is 10.9 Å². The number of hydrogen-bond donors (Lipinski definition) is 3. The minimum atomic E-state index is -0.222. The first kappa shape index (κ1) is 15.0. The first-order chi connectivity index (χ1) is 9.04. The Kier molecular flexibility index (Phi) is 5.81. The lowest BCUT2D eigenvalue weighted by Gasteiger charge is -2.09. The van der Waals surface area contributed by atoms with Crippen LogP contribution in [-0.4, -0.2) is 36.2 Å². The molecule has 0 fully saturated rings. The van der Waals surface area contributed by atoms with E-state index in [0.29, 0.717) is 24.3 Å². The van der Waals surface area contributed by atoms with Crippen LogP contribution in [0.1, 0.15) is 29.8 Å². The van der Waals surface area contributed by atoms with Gasteiger partial charge in [-0.2, -0.15) is 0 Å². The summed E-state index contributed by atoms with van der Waals surface area (Å²) in [6.07, 6.45) is 0.140. The minimum Gasteiger partial charge on any atom is -0.409 e. The third-order valence-electron chi connectivity index (χ3n) is 2.37. The van der Waals surface area contributed by atoms with E-state index in [9.17, 15) is 4.79 Å². The summed E-state index contributed by atoms with van der Waals surface area (Å²) < 4.78 is 5.32. The van der Waals surface area contributed by atoms with Gasteiger partial charge in [0, 0.05) is 17.7 Å². The van der Waals surface area contributed by atoms with Crippen molar-refractivity contribution in [1.82, 2.24) is 5.32 Å². The van der Waals surface area contributed by atoms with E-state index in [2.05, 4.69) is 10.5 Å². The van der Waals surface area contributed by atoms with Gasteiger partial charge in [0.1, 0.15) is 0 Å². The molecule has 0 heterocycles. The van der Waals surface area contributed by atoms with Gasteiger partial charge in [0.25, 0.3) is 5.91 Å². The van der Waals surface area contributed by atoms with Crippen LogP contribution in [0.4, 0.5) is 0 Å². The zero-order valence-corrected chi connectivity index (χ0v) is 11.1. The number of amides is 1. The van der Waals surface area contributed by atoms with E-state index in [1.165, 1.54) is 0 Å². The maximum Gasteiger partial charge on any atom is 0.251 e. The average molecular weight is 265 g/mol. The van der Waals surface area contributed by atoms with Gasteiger partial charge < -0.3 is 21.0 Å². The predicted octanol–water partition coefficient (Wildman–Crippen LogP) is 0.936. The molecule has 0 aliphatic rings. The maximum absolute atomic E-state index is 11.8. The fourth-order valence-electron chi connectivity index (χ4n) is 1.44. The first-order valence-electron chi connectivity index (χ1n) is 6.02. The van der Waals surface area contributed by atoms with Gasteiger partial charge in [-0.15, -0.1) is 0 Å². The molecule has 0 saturated carbocycles. The number of nitrogens with one attached hydrogen (secondary N) is 1. The normalized spacial score (nSPS) is 11.6. The summed E-state index contributed by atoms with van der Waals surface area (Å²) >= 11 is 0. The summed E-state index contributed by atoms with van der Waals surface area (Å²) in [5.74, 6) is -0.252. The number of hydrogen-bond acceptors (Lipinski definition) is 4. The second-order valence-electron chi connectivity index (χ2n) is 4.24. The van der Waals surface area contributed by atoms with Crippen molar-refractivity contribution in [2.75, 3.05) is 13.2 Å². The highest BCUT2D eigenvalue weighted by molar-refractivity contribution is 6.01. The van der Waals surface area contributed by atoms with Crippen LogP contribution in [-0.2, 0) is 4.74 Å². The van der Waals surface area contributed by atoms with Gasteiger partial charge in [0.05, 0.1) is 12.7 Å². The number of amidine groups is 1. The Morgan fingerprint density at radius 1 is 1.47 bits per heavy atom. The SMILES string of the molecule is CC(C)OCCNC(=O)c1cccc(/C(N)=N/O)c1. The van der Waals surface area contributed by atoms with Crippen LogP contribution < -0.4 is 11.1 Å². The van der Waals surface area contributed by atoms with Crippen LogP contribution in [0.2, 0.25) is 0 Å². The Labute approximate surface area is 112 Å². The first-order valence-corrected chi connectivity index (χ1v) is 6.02. The van der Waals surface area contributed by atoms with Crippen molar-refractivity contribution >= 4 is 11.7 Å². The van der Waals surface area contributed by atoms with E-state index in [0.717, 1.165) is 0 Å². The Balaban J connectivity index is 2.57. The van der Waals surface area contributed by atoms with E-state index in [1.54, 1.807) is 24.3 Å². The van der Waals surface area contributed by atoms with Crippen LogP contribution in [0.5, 0.6) is 0 Å². The molecule has 19 heavy (non-hydrogen) atoms. The third kappa shape index (κ3) is 4.97. The number of rotatable bonds is 6. The number of oxime groups is 1. The molecule has 6 heteroatoms. The summed E-state index contributed by atoms with van der Waals surface area (Å²) in [4.78, 5) is 11.8. The van der Waals surface area contributed by atoms with Crippen molar-refractivity contribution in [3.8, 4) is 0 Å². The van der Waals surface area contributed by atoms with Crippen molar-refractivity contribution in [1.29, 1.82) is 0 Å². The van der Waals surface area contributed by atoms with Crippen molar-refractivity contribution in [3.05, 3.63) is 35.4 Å². The molecule has 6 nitrogen and oxygen atoms in total. The van der Waals surface area contributed by atoms with Gasteiger partial charge in [-0.25, -0.2) is 0 Å². The second-order valence-corrected chi connectivity index (χ2v) is 4.24. The maximum atomic E-state index is 11.8. The number of benzene rings is 1. The Morgan fingerprint density at radius 2 is 2.16 bits per heavy atom. The van der Waals surface area contributed by atoms with Gasteiger partial charge in [-0.05, 0) is 26.0 Å². The number of carbonyl (C=O) groups is 1. The number of nitrogens with zero attached hydrogens (tertiary/aromatic N) is 1. The lowest BCUT2D eigenvalue weighted by atomic mass is 10.1. The zero-order valence-electron chi connectivity index (χ0n) is 11.1. The van der Waals surface area contributed by atoms with Gasteiger partial charge >= 0.3 is 0 Å². The highest BCUT2D eigenvalue weighted by Crippen LogP contribution is 2.05. The smallest absolute Gasteiger partial charge is 0.251 e. The Bertz CT molecular complexity index is 458. The Hall–Kier alpha value is -2.08. The van der Waals surface area contributed by atoms with Crippen LogP contribution in [0.15, 0.2) is 29.4 Å². The molecule has 0 aliphatic carbocycles. The van der Waals surface area contributed by atoms with E-state index >= 15 is 0 Å². The molecule has 0 saturated heterocycles. The van der Waals surface area contributed by atoms with Crippen molar-refractivity contribution < 1.29 is 14.7 Å². The molecule has 1 aromatic rings. The van der Waals surface area contributed by atoms with Gasteiger partial charge in [0.2, 0.25) is 0 Å². The van der Waals surface area contributed by atoms with E-state index in [4.69, 9.17) is 15.7 Å². The van der Waals surface area contributed by atoms with Crippen LogP contribution in [0.3, 0.4) is 0 Å². The topological polar surface area (TPSA) is 96.9 Å². The largest absolute Gasteiger partial charge is 0.409 e.